The molecule has 0 aliphatic carbocycles. The fraction of sp³-hybridized carbons (Fsp3) is 0.190. The summed E-state index contributed by atoms with van der Waals surface area (Å²) in [5.74, 6) is 1.28. The number of ether oxygens (including phenoxy) is 1. The van der Waals surface area contributed by atoms with E-state index in [0.717, 1.165) is 48.7 Å². The van der Waals surface area contributed by atoms with Crippen LogP contribution in [0.3, 0.4) is 0 Å². The predicted octanol–water partition coefficient (Wildman–Crippen LogP) is 3.27. The summed E-state index contributed by atoms with van der Waals surface area (Å²) in [6.45, 7) is 3.22. The van der Waals surface area contributed by atoms with Crippen molar-refractivity contribution in [2.24, 2.45) is 4.99 Å². The molecule has 1 saturated heterocycles. The number of allylic oxidation sites excluding steroid dienone is 1. The second-order valence-corrected chi connectivity index (χ2v) is 6.70. The molecule has 2 aromatic heterocycles. The van der Waals surface area contributed by atoms with E-state index in [0.29, 0.717) is 17.3 Å². The van der Waals surface area contributed by atoms with E-state index in [-0.39, 0.29) is 5.88 Å². The molecule has 1 fully saturated rings. The molecule has 7 nitrogen and oxygen atoms in total. The topological polar surface area (TPSA) is 86.6 Å². The van der Waals surface area contributed by atoms with Crippen LogP contribution >= 0.6 is 0 Å². The number of anilines is 1. The van der Waals surface area contributed by atoms with Gasteiger partial charge in [-0.15, -0.1) is 0 Å². The van der Waals surface area contributed by atoms with Crippen LogP contribution in [0, 0.1) is 0 Å². The van der Waals surface area contributed by atoms with Gasteiger partial charge in [-0.2, -0.15) is 4.98 Å². The smallest absolute Gasteiger partial charge is 0.237 e. The quantitative estimate of drug-likeness (QED) is 0.736. The highest BCUT2D eigenvalue weighted by molar-refractivity contribution is 6.20. The molecule has 0 unspecified atom stereocenters. The third kappa shape index (κ3) is 3.05. The average Bonchev–Trinajstić information content (AvgIpc) is 3.33. The van der Waals surface area contributed by atoms with Crippen molar-refractivity contribution in [3.63, 3.8) is 0 Å². The van der Waals surface area contributed by atoms with Gasteiger partial charge in [0.1, 0.15) is 11.5 Å². The largest absolute Gasteiger partial charge is 0.492 e. The van der Waals surface area contributed by atoms with Crippen LogP contribution in [0.4, 0.5) is 11.5 Å². The summed E-state index contributed by atoms with van der Waals surface area (Å²) < 4.78 is 5.43. The van der Waals surface area contributed by atoms with E-state index in [1.807, 2.05) is 30.3 Å². The molecule has 2 aliphatic heterocycles. The number of rotatable bonds is 3. The van der Waals surface area contributed by atoms with Crippen molar-refractivity contribution in [2.45, 2.75) is 0 Å². The first kappa shape index (κ1) is 16.7. The van der Waals surface area contributed by atoms with E-state index < -0.39 is 0 Å². The van der Waals surface area contributed by atoms with Gasteiger partial charge in [-0.05, 0) is 30.3 Å². The van der Waals surface area contributed by atoms with E-state index in [4.69, 9.17) is 4.74 Å². The summed E-state index contributed by atoms with van der Waals surface area (Å²) >= 11 is 0. The van der Waals surface area contributed by atoms with Crippen LogP contribution in [0.5, 0.6) is 5.88 Å². The molecule has 0 amide bonds. The third-order valence-electron chi connectivity index (χ3n) is 4.93. The highest BCUT2D eigenvalue weighted by Gasteiger charge is 2.16. The summed E-state index contributed by atoms with van der Waals surface area (Å²) in [6.07, 6.45) is 5.30. The Morgan fingerprint density at radius 1 is 1.14 bits per heavy atom. The number of nitrogens with zero attached hydrogens (tertiary/aromatic N) is 4. The SMILES string of the molecule is Oc1nc(-c2cccc(N3CCOCC3)c2)[nH]c1C=C1C=Nc2ncccc21. The number of aliphatic imine (C=N–C) groups is 1. The molecular weight excluding hydrogens is 354 g/mol. The lowest BCUT2D eigenvalue weighted by Gasteiger charge is -2.29. The number of nitrogens with one attached hydrogen (secondary N) is 1. The van der Waals surface area contributed by atoms with Crippen LogP contribution < -0.4 is 4.90 Å². The lowest BCUT2D eigenvalue weighted by atomic mass is 10.1. The maximum absolute atomic E-state index is 10.3. The van der Waals surface area contributed by atoms with Crippen molar-refractivity contribution in [1.29, 1.82) is 0 Å². The van der Waals surface area contributed by atoms with E-state index in [2.05, 4.69) is 37.0 Å². The van der Waals surface area contributed by atoms with Crippen LogP contribution in [-0.2, 0) is 4.74 Å². The zero-order chi connectivity index (χ0) is 18.9. The zero-order valence-electron chi connectivity index (χ0n) is 15.2. The van der Waals surface area contributed by atoms with Gasteiger partial charge in [-0.3, -0.25) is 0 Å². The van der Waals surface area contributed by atoms with Crippen molar-refractivity contribution in [1.82, 2.24) is 15.0 Å². The molecule has 0 atom stereocenters. The van der Waals surface area contributed by atoms with Crippen molar-refractivity contribution in [2.75, 3.05) is 31.2 Å². The van der Waals surface area contributed by atoms with Gasteiger partial charge in [-0.25, -0.2) is 9.98 Å². The van der Waals surface area contributed by atoms with Crippen LogP contribution in [0.15, 0.2) is 47.6 Å². The van der Waals surface area contributed by atoms with Crippen molar-refractivity contribution >= 4 is 29.4 Å². The van der Waals surface area contributed by atoms with Crippen LogP contribution in [0.25, 0.3) is 23.0 Å². The van der Waals surface area contributed by atoms with E-state index >= 15 is 0 Å². The fourth-order valence-corrected chi connectivity index (χ4v) is 3.48. The van der Waals surface area contributed by atoms with Gasteiger partial charge in [0.25, 0.3) is 0 Å². The van der Waals surface area contributed by atoms with Crippen LogP contribution in [0.2, 0.25) is 0 Å². The number of H-pyrrole nitrogens is 1. The summed E-state index contributed by atoms with van der Waals surface area (Å²) in [5, 5.41) is 10.3. The van der Waals surface area contributed by atoms with Gasteiger partial charge < -0.3 is 19.7 Å². The molecule has 0 saturated carbocycles. The van der Waals surface area contributed by atoms with Gasteiger partial charge in [0.05, 0.1) is 13.2 Å². The van der Waals surface area contributed by atoms with E-state index in [1.54, 1.807) is 12.4 Å². The molecule has 4 heterocycles. The lowest BCUT2D eigenvalue weighted by Crippen LogP contribution is -2.36. The molecule has 3 aromatic rings. The Kier molecular flexibility index (Phi) is 4.14. The summed E-state index contributed by atoms with van der Waals surface area (Å²) in [4.78, 5) is 18.4. The molecule has 0 bridgehead atoms. The zero-order valence-corrected chi connectivity index (χ0v) is 15.2. The molecule has 7 heteroatoms. The maximum Gasteiger partial charge on any atom is 0.237 e. The van der Waals surface area contributed by atoms with Crippen LogP contribution in [-0.4, -0.2) is 52.6 Å². The minimum atomic E-state index is -0.0370. The number of fused-ring (bicyclic) bond motifs is 1. The minimum absolute atomic E-state index is 0.0370. The van der Waals surface area contributed by atoms with Crippen molar-refractivity contribution in [3.8, 4) is 17.3 Å². The lowest BCUT2D eigenvalue weighted by molar-refractivity contribution is 0.122. The average molecular weight is 373 g/mol. The first-order valence-electron chi connectivity index (χ1n) is 9.21. The summed E-state index contributed by atoms with van der Waals surface area (Å²) in [7, 11) is 0. The third-order valence-corrected chi connectivity index (χ3v) is 4.93. The number of hydrogen-bond acceptors (Lipinski definition) is 6. The Bertz CT molecular complexity index is 1080. The molecular formula is C21H19N5O2. The number of hydrogen-bond donors (Lipinski definition) is 2. The van der Waals surface area contributed by atoms with Gasteiger partial charge in [-0.1, -0.05) is 12.1 Å². The number of aromatic nitrogens is 3. The van der Waals surface area contributed by atoms with Gasteiger partial charge >= 0.3 is 0 Å². The fourth-order valence-electron chi connectivity index (χ4n) is 3.48. The van der Waals surface area contributed by atoms with Crippen molar-refractivity contribution in [3.05, 3.63) is 53.9 Å². The summed E-state index contributed by atoms with van der Waals surface area (Å²) in [5.41, 5.74) is 4.42. The molecule has 28 heavy (non-hydrogen) atoms. The Hall–Kier alpha value is -3.45. The predicted molar refractivity (Wildman–Crippen MR) is 109 cm³/mol. The number of aromatic amines is 1. The molecule has 0 spiro atoms. The Balaban J connectivity index is 1.46. The summed E-state index contributed by atoms with van der Waals surface area (Å²) in [6, 6.07) is 12.0. The number of benzene rings is 1. The molecule has 140 valence electrons. The van der Waals surface area contributed by atoms with E-state index in [9.17, 15) is 5.11 Å². The number of morpholine rings is 1. The molecule has 2 N–H and O–H groups in total. The maximum atomic E-state index is 10.3. The van der Waals surface area contributed by atoms with Gasteiger partial charge in [0.2, 0.25) is 5.88 Å². The Labute approximate surface area is 162 Å². The molecule has 5 rings (SSSR count). The minimum Gasteiger partial charge on any atom is -0.492 e. The number of aromatic hydroxyl groups is 1. The van der Waals surface area contributed by atoms with Gasteiger partial charge in [0, 0.05) is 47.9 Å². The highest BCUT2D eigenvalue weighted by atomic mass is 16.5. The monoisotopic (exact) mass is 373 g/mol. The standard InChI is InChI=1S/C21H19N5O2/c27-21-18(12-15-13-23-20-17(15)5-2-6-22-20)24-19(25-21)14-3-1-4-16(11-14)26-7-9-28-10-8-26/h1-6,11-13,27H,7-10H2,(H,24,25). The van der Waals surface area contributed by atoms with Crippen LogP contribution in [0.1, 0.15) is 11.3 Å². The van der Waals surface area contributed by atoms with E-state index in [1.165, 1.54) is 0 Å². The number of imidazole rings is 1. The first-order valence-corrected chi connectivity index (χ1v) is 9.21. The Morgan fingerprint density at radius 2 is 2.04 bits per heavy atom. The second-order valence-electron chi connectivity index (χ2n) is 6.70. The highest BCUT2D eigenvalue weighted by Crippen LogP contribution is 2.32. The Morgan fingerprint density at radius 3 is 2.93 bits per heavy atom. The molecule has 2 aliphatic rings. The second kappa shape index (κ2) is 6.94. The normalized spacial score (nSPS) is 17.3. The first-order chi connectivity index (χ1) is 13.8. The van der Waals surface area contributed by atoms with Crippen molar-refractivity contribution < 1.29 is 9.84 Å². The molecule has 1 aromatic carbocycles. The number of pyridine rings is 1. The molecule has 0 radical (unpaired) electrons. The van der Waals surface area contributed by atoms with Gasteiger partial charge in [0.15, 0.2) is 5.82 Å².